The van der Waals surface area contributed by atoms with Gasteiger partial charge in [-0.05, 0) is 38.6 Å². The van der Waals surface area contributed by atoms with E-state index in [1.54, 1.807) is 0 Å². The van der Waals surface area contributed by atoms with E-state index in [0.717, 1.165) is 30.2 Å². The topological polar surface area (TPSA) is 24.1 Å². The van der Waals surface area contributed by atoms with Gasteiger partial charge in [-0.3, -0.25) is 0 Å². The molecular formula is C11H17ClN2. The number of anilines is 1. The molecule has 1 rings (SSSR count). The van der Waals surface area contributed by atoms with Gasteiger partial charge in [0, 0.05) is 6.54 Å². The van der Waals surface area contributed by atoms with E-state index in [9.17, 15) is 0 Å². The van der Waals surface area contributed by atoms with Crippen molar-refractivity contribution < 1.29 is 0 Å². The minimum Gasteiger partial charge on any atom is -0.384 e. The molecule has 0 amide bonds. The molecule has 1 aromatic rings. The Labute approximate surface area is 90.7 Å². The van der Waals surface area contributed by atoms with Crippen molar-refractivity contribution in [1.29, 1.82) is 0 Å². The largest absolute Gasteiger partial charge is 0.384 e. The predicted molar refractivity (Wildman–Crippen MR) is 63.1 cm³/mol. The van der Waals surface area contributed by atoms with Gasteiger partial charge in [0.25, 0.3) is 0 Å². The Balaban J connectivity index is 2.21. The van der Waals surface area contributed by atoms with Crippen LogP contribution in [0.15, 0.2) is 24.3 Å². The summed E-state index contributed by atoms with van der Waals surface area (Å²) in [6.45, 7) is 2.05. The second-order valence-electron chi connectivity index (χ2n) is 3.22. The van der Waals surface area contributed by atoms with Crippen LogP contribution < -0.4 is 10.6 Å². The summed E-state index contributed by atoms with van der Waals surface area (Å²) in [5, 5.41) is 7.23. The smallest absolute Gasteiger partial charge is 0.0637 e. The highest BCUT2D eigenvalue weighted by Crippen LogP contribution is 2.20. The van der Waals surface area contributed by atoms with E-state index >= 15 is 0 Å². The summed E-state index contributed by atoms with van der Waals surface area (Å²) in [6.07, 6.45) is 2.35. The third-order valence-corrected chi connectivity index (χ3v) is 2.37. The number of benzene rings is 1. The van der Waals surface area contributed by atoms with Crippen LogP contribution in [-0.2, 0) is 0 Å². The number of para-hydroxylation sites is 1. The molecule has 1 aromatic carbocycles. The first-order valence-electron chi connectivity index (χ1n) is 4.97. The lowest BCUT2D eigenvalue weighted by atomic mass is 10.3. The minimum absolute atomic E-state index is 0.793. The molecule has 0 aromatic heterocycles. The van der Waals surface area contributed by atoms with E-state index in [-0.39, 0.29) is 0 Å². The quantitative estimate of drug-likeness (QED) is 0.709. The predicted octanol–water partition coefficient (Wildman–Crippen LogP) is 2.75. The molecule has 2 N–H and O–H groups in total. The maximum absolute atomic E-state index is 5.99. The Morgan fingerprint density at radius 3 is 2.57 bits per heavy atom. The van der Waals surface area contributed by atoms with Crippen molar-refractivity contribution in [2.24, 2.45) is 0 Å². The van der Waals surface area contributed by atoms with Crippen LogP contribution in [0, 0.1) is 0 Å². The van der Waals surface area contributed by atoms with Crippen LogP contribution in [0.4, 0.5) is 5.69 Å². The third kappa shape index (κ3) is 3.99. The second kappa shape index (κ2) is 6.68. The van der Waals surface area contributed by atoms with Gasteiger partial charge in [0.15, 0.2) is 0 Å². The summed E-state index contributed by atoms with van der Waals surface area (Å²) in [7, 11) is 1.97. The molecule has 0 unspecified atom stereocenters. The molecule has 0 radical (unpaired) electrons. The van der Waals surface area contributed by atoms with Gasteiger partial charge < -0.3 is 10.6 Å². The summed E-state index contributed by atoms with van der Waals surface area (Å²) in [4.78, 5) is 0. The molecule has 0 aliphatic heterocycles. The van der Waals surface area contributed by atoms with Crippen LogP contribution in [0.25, 0.3) is 0 Å². The number of rotatable bonds is 6. The standard InChI is InChI=1S/C11H17ClN2/c1-13-8-4-5-9-14-11-7-3-2-6-10(11)12/h2-3,6-7,13-14H,4-5,8-9H2,1H3. The Hall–Kier alpha value is -0.730. The lowest BCUT2D eigenvalue weighted by Crippen LogP contribution is -2.10. The highest BCUT2D eigenvalue weighted by Gasteiger charge is 1.96. The van der Waals surface area contributed by atoms with E-state index in [1.807, 2.05) is 31.3 Å². The van der Waals surface area contributed by atoms with Crippen LogP contribution in [-0.4, -0.2) is 20.1 Å². The fourth-order valence-corrected chi connectivity index (χ4v) is 1.46. The lowest BCUT2D eigenvalue weighted by molar-refractivity contribution is 0.694. The summed E-state index contributed by atoms with van der Waals surface area (Å²) >= 11 is 5.99. The van der Waals surface area contributed by atoms with E-state index in [2.05, 4.69) is 10.6 Å². The average molecular weight is 213 g/mol. The molecule has 0 saturated heterocycles. The van der Waals surface area contributed by atoms with Gasteiger partial charge in [-0.1, -0.05) is 23.7 Å². The van der Waals surface area contributed by atoms with Crippen molar-refractivity contribution in [1.82, 2.24) is 5.32 Å². The Kier molecular flexibility index (Phi) is 5.42. The van der Waals surface area contributed by atoms with E-state index < -0.39 is 0 Å². The van der Waals surface area contributed by atoms with Crippen LogP contribution >= 0.6 is 11.6 Å². The first-order valence-corrected chi connectivity index (χ1v) is 5.35. The van der Waals surface area contributed by atoms with Crippen LogP contribution in [0.3, 0.4) is 0 Å². The van der Waals surface area contributed by atoms with Gasteiger partial charge in [0.2, 0.25) is 0 Å². The molecule has 0 fully saturated rings. The van der Waals surface area contributed by atoms with Crippen molar-refractivity contribution in [2.75, 3.05) is 25.5 Å². The van der Waals surface area contributed by atoms with Crippen molar-refractivity contribution in [3.8, 4) is 0 Å². The fraction of sp³-hybridized carbons (Fsp3) is 0.455. The number of nitrogens with one attached hydrogen (secondary N) is 2. The number of halogens is 1. The normalized spacial score (nSPS) is 10.1. The number of hydrogen-bond acceptors (Lipinski definition) is 2. The molecule has 0 bridgehead atoms. The molecule has 0 atom stereocenters. The molecule has 0 aliphatic carbocycles. The molecule has 0 saturated carbocycles. The molecule has 3 heteroatoms. The summed E-state index contributed by atoms with van der Waals surface area (Å²) in [5.74, 6) is 0. The zero-order chi connectivity index (χ0) is 10.2. The van der Waals surface area contributed by atoms with Crippen molar-refractivity contribution >= 4 is 17.3 Å². The van der Waals surface area contributed by atoms with E-state index in [1.165, 1.54) is 6.42 Å². The monoisotopic (exact) mass is 212 g/mol. The van der Waals surface area contributed by atoms with Crippen LogP contribution in [0.5, 0.6) is 0 Å². The Bertz CT molecular complexity index is 263. The molecule has 0 heterocycles. The van der Waals surface area contributed by atoms with E-state index in [4.69, 9.17) is 11.6 Å². The van der Waals surface area contributed by atoms with Crippen molar-refractivity contribution in [3.05, 3.63) is 29.3 Å². The van der Waals surface area contributed by atoms with Crippen molar-refractivity contribution in [2.45, 2.75) is 12.8 Å². The molecular weight excluding hydrogens is 196 g/mol. The summed E-state index contributed by atoms with van der Waals surface area (Å²) in [6, 6.07) is 7.83. The van der Waals surface area contributed by atoms with Gasteiger partial charge in [-0.15, -0.1) is 0 Å². The Morgan fingerprint density at radius 1 is 1.14 bits per heavy atom. The van der Waals surface area contributed by atoms with Gasteiger partial charge in [-0.2, -0.15) is 0 Å². The Morgan fingerprint density at radius 2 is 1.86 bits per heavy atom. The van der Waals surface area contributed by atoms with Gasteiger partial charge >= 0.3 is 0 Å². The SMILES string of the molecule is CNCCCCNc1ccccc1Cl. The van der Waals surface area contributed by atoms with Crippen molar-refractivity contribution in [3.63, 3.8) is 0 Å². The molecule has 2 nitrogen and oxygen atoms in total. The first kappa shape index (κ1) is 11.3. The maximum atomic E-state index is 5.99. The molecule has 78 valence electrons. The highest BCUT2D eigenvalue weighted by atomic mass is 35.5. The van der Waals surface area contributed by atoms with Gasteiger partial charge in [0.05, 0.1) is 10.7 Å². The first-order chi connectivity index (χ1) is 6.84. The van der Waals surface area contributed by atoms with Gasteiger partial charge in [0.1, 0.15) is 0 Å². The summed E-state index contributed by atoms with van der Waals surface area (Å²) in [5.41, 5.74) is 1.03. The van der Waals surface area contributed by atoms with Crippen LogP contribution in [0.2, 0.25) is 5.02 Å². The third-order valence-electron chi connectivity index (χ3n) is 2.04. The number of hydrogen-bond donors (Lipinski definition) is 2. The highest BCUT2D eigenvalue weighted by molar-refractivity contribution is 6.33. The lowest BCUT2D eigenvalue weighted by Gasteiger charge is -2.07. The number of unbranched alkanes of at least 4 members (excludes halogenated alkanes) is 1. The zero-order valence-corrected chi connectivity index (χ0v) is 9.27. The molecule has 0 aliphatic rings. The zero-order valence-electron chi connectivity index (χ0n) is 8.52. The summed E-state index contributed by atoms with van der Waals surface area (Å²) < 4.78 is 0. The van der Waals surface area contributed by atoms with E-state index in [0.29, 0.717) is 0 Å². The van der Waals surface area contributed by atoms with Crippen LogP contribution in [0.1, 0.15) is 12.8 Å². The second-order valence-corrected chi connectivity index (χ2v) is 3.62. The van der Waals surface area contributed by atoms with Gasteiger partial charge in [-0.25, -0.2) is 0 Å². The average Bonchev–Trinajstić information content (AvgIpc) is 2.20. The minimum atomic E-state index is 0.793. The maximum Gasteiger partial charge on any atom is 0.0637 e. The molecule has 14 heavy (non-hydrogen) atoms. The molecule has 0 spiro atoms. The fourth-order valence-electron chi connectivity index (χ4n) is 1.25.